The van der Waals surface area contributed by atoms with E-state index in [0.29, 0.717) is 31.7 Å². The molecule has 12 heteroatoms. The quantitative estimate of drug-likeness (QED) is 0.352. The molecular formula is C28H26F3N5O4. The molecule has 0 aliphatic carbocycles. The lowest BCUT2D eigenvalue weighted by atomic mass is 10.0. The zero-order chi connectivity index (χ0) is 28.9. The Balaban J connectivity index is 0.000000470. The number of carbonyl (C=O) groups is 3. The van der Waals surface area contributed by atoms with Crippen LogP contribution in [0.4, 0.5) is 13.2 Å². The first-order valence-corrected chi connectivity index (χ1v) is 12.3. The number of nitrogens with two attached hydrogens (primary N) is 1. The number of hydrogen-bond acceptors (Lipinski definition) is 5. The number of nitrogens with one attached hydrogen (secondary N) is 1. The van der Waals surface area contributed by atoms with Crippen LogP contribution in [0.25, 0.3) is 22.0 Å². The van der Waals surface area contributed by atoms with Gasteiger partial charge < -0.3 is 20.6 Å². The molecule has 4 N–H and O–H groups in total. The molecule has 0 spiro atoms. The minimum Gasteiger partial charge on any atom is -0.475 e. The number of hydrogen-bond donors (Lipinski definition) is 3. The van der Waals surface area contributed by atoms with E-state index in [1.165, 1.54) is 0 Å². The van der Waals surface area contributed by atoms with Crippen LogP contribution in [-0.4, -0.2) is 75.2 Å². The molecule has 4 aromatic rings. The lowest BCUT2D eigenvalue weighted by Gasteiger charge is -2.36. The summed E-state index contributed by atoms with van der Waals surface area (Å²) in [5.41, 5.74) is 10.8. The molecular weight excluding hydrogens is 527 g/mol. The first-order valence-electron chi connectivity index (χ1n) is 12.3. The minimum absolute atomic E-state index is 0.0361. The maximum absolute atomic E-state index is 13.0. The van der Waals surface area contributed by atoms with Crippen molar-refractivity contribution in [1.82, 2.24) is 20.0 Å². The predicted molar refractivity (Wildman–Crippen MR) is 141 cm³/mol. The summed E-state index contributed by atoms with van der Waals surface area (Å²) in [4.78, 5) is 38.3. The normalized spacial score (nSPS) is 14.3. The average molecular weight is 554 g/mol. The van der Waals surface area contributed by atoms with Crippen LogP contribution in [0.3, 0.4) is 0 Å². The van der Waals surface area contributed by atoms with Crippen LogP contribution in [0.5, 0.6) is 0 Å². The second-order valence-electron chi connectivity index (χ2n) is 9.06. The summed E-state index contributed by atoms with van der Waals surface area (Å²) in [5, 5.41) is 14.9. The van der Waals surface area contributed by atoms with Gasteiger partial charge in [0.15, 0.2) is 0 Å². The Morgan fingerprint density at radius 1 is 0.875 bits per heavy atom. The lowest BCUT2D eigenvalue weighted by molar-refractivity contribution is -0.192. The van der Waals surface area contributed by atoms with Crippen molar-refractivity contribution in [3.63, 3.8) is 0 Å². The molecule has 1 aromatic heterocycles. The average Bonchev–Trinajstić information content (AvgIpc) is 3.45. The van der Waals surface area contributed by atoms with Crippen molar-refractivity contribution in [2.45, 2.75) is 12.2 Å². The number of aromatic amines is 1. The van der Waals surface area contributed by atoms with Crippen LogP contribution in [0.1, 0.15) is 22.0 Å². The van der Waals surface area contributed by atoms with Crippen molar-refractivity contribution in [3.8, 4) is 11.1 Å². The second-order valence-corrected chi connectivity index (χ2v) is 9.06. The molecule has 2 heterocycles. The van der Waals surface area contributed by atoms with E-state index in [1.807, 2.05) is 66.7 Å². The fourth-order valence-electron chi connectivity index (χ4n) is 4.24. The van der Waals surface area contributed by atoms with Gasteiger partial charge in [0.2, 0.25) is 5.91 Å². The van der Waals surface area contributed by atoms with Crippen molar-refractivity contribution < 1.29 is 32.7 Å². The van der Waals surface area contributed by atoms with E-state index in [1.54, 1.807) is 22.1 Å². The Bertz CT molecular complexity index is 1480. The van der Waals surface area contributed by atoms with Crippen molar-refractivity contribution in [1.29, 1.82) is 0 Å². The molecule has 0 saturated carbocycles. The summed E-state index contributed by atoms with van der Waals surface area (Å²) < 4.78 is 31.7. The Morgan fingerprint density at radius 2 is 1.45 bits per heavy atom. The molecule has 1 unspecified atom stereocenters. The van der Waals surface area contributed by atoms with E-state index >= 15 is 0 Å². The van der Waals surface area contributed by atoms with Crippen LogP contribution >= 0.6 is 0 Å². The molecule has 2 amide bonds. The van der Waals surface area contributed by atoms with Gasteiger partial charge in [0, 0.05) is 37.1 Å². The van der Waals surface area contributed by atoms with Gasteiger partial charge in [-0.2, -0.15) is 18.3 Å². The number of halogens is 3. The number of carboxylic acids is 1. The molecule has 1 saturated heterocycles. The number of aliphatic carboxylic acids is 1. The highest BCUT2D eigenvalue weighted by Gasteiger charge is 2.38. The molecule has 3 aromatic carbocycles. The number of fused-ring (bicyclic) bond motifs is 1. The van der Waals surface area contributed by atoms with E-state index < -0.39 is 18.2 Å². The van der Waals surface area contributed by atoms with E-state index in [0.717, 1.165) is 27.6 Å². The molecule has 1 aliphatic heterocycles. The summed E-state index contributed by atoms with van der Waals surface area (Å²) in [7, 11) is 0. The third-order valence-electron chi connectivity index (χ3n) is 6.45. The van der Waals surface area contributed by atoms with Crippen molar-refractivity contribution >= 4 is 28.7 Å². The number of aromatic nitrogens is 2. The lowest BCUT2D eigenvalue weighted by Crippen LogP contribution is -2.52. The zero-order valence-corrected chi connectivity index (χ0v) is 21.1. The van der Waals surface area contributed by atoms with Gasteiger partial charge in [-0.05, 0) is 34.9 Å². The highest BCUT2D eigenvalue weighted by atomic mass is 19.4. The van der Waals surface area contributed by atoms with Crippen LogP contribution in [0.2, 0.25) is 0 Å². The minimum atomic E-state index is -5.08. The van der Waals surface area contributed by atoms with Gasteiger partial charge in [-0.1, -0.05) is 54.6 Å². The van der Waals surface area contributed by atoms with Gasteiger partial charge in [0.05, 0.1) is 11.7 Å². The van der Waals surface area contributed by atoms with Gasteiger partial charge in [0.1, 0.15) is 6.04 Å². The predicted octanol–water partition coefficient (Wildman–Crippen LogP) is 3.85. The van der Waals surface area contributed by atoms with E-state index in [4.69, 9.17) is 15.6 Å². The standard InChI is InChI=1S/C26H25N5O2.C2HF3O2/c27-24(20-8-6-19(7-9-20)18-4-2-1-3-5-18)26(33)31-14-12-30(13-15-31)25(32)21-10-11-23-22(16-21)17-28-29-23;3-2(4,5)1(6)7/h1-11,16-17,24H,12-15,27H2,(H,28,29);(H,6,7). The number of nitrogens with zero attached hydrogens (tertiary/aromatic N) is 3. The number of carbonyl (C=O) groups excluding carboxylic acids is 2. The number of rotatable bonds is 4. The van der Waals surface area contributed by atoms with Crippen LogP contribution in [0, 0.1) is 0 Å². The molecule has 1 atom stereocenters. The summed E-state index contributed by atoms with van der Waals surface area (Å²) >= 11 is 0. The number of H-pyrrole nitrogens is 1. The number of benzene rings is 3. The number of alkyl halides is 3. The first-order chi connectivity index (χ1) is 19.0. The Hall–Kier alpha value is -4.71. The summed E-state index contributed by atoms with van der Waals surface area (Å²) in [6, 6.07) is 22.7. The van der Waals surface area contributed by atoms with Crippen molar-refractivity contribution in [2.24, 2.45) is 5.73 Å². The van der Waals surface area contributed by atoms with E-state index in [9.17, 15) is 22.8 Å². The smallest absolute Gasteiger partial charge is 0.475 e. The molecule has 1 fully saturated rings. The first kappa shape index (κ1) is 28.3. The van der Waals surface area contributed by atoms with Crippen molar-refractivity contribution in [3.05, 3.63) is 90.1 Å². The van der Waals surface area contributed by atoms with Gasteiger partial charge in [-0.3, -0.25) is 14.7 Å². The fourth-order valence-corrected chi connectivity index (χ4v) is 4.24. The van der Waals surface area contributed by atoms with Crippen LogP contribution in [-0.2, 0) is 9.59 Å². The third-order valence-corrected chi connectivity index (χ3v) is 6.45. The Labute approximate surface area is 227 Å². The molecule has 0 bridgehead atoms. The van der Waals surface area contributed by atoms with E-state index in [-0.39, 0.29) is 11.8 Å². The fraction of sp³-hybridized carbons (Fsp3) is 0.214. The maximum Gasteiger partial charge on any atom is 0.490 e. The van der Waals surface area contributed by atoms with Gasteiger partial charge in [0.25, 0.3) is 5.91 Å². The van der Waals surface area contributed by atoms with Gasteiger partial charge >= 0.3 is 12.1 Å². The van der Waals surface area contributed by atoms with Crippen LogP contribution < -0.4 is 5.73 Å². The molecule has 1 aliphatic rings. The summed E-state index contributed by atoms with van der Waals surface area (Å²) in [6.07, 6.45) is -3.38. The monoisotopic (exact) mass is 553 g/mol. The van der Waals surface area contributed by atoms with Crippen molar-refractivity contribution in [2.75, 3.05) is 26.2 Å². The highest BCUT2D eigenvalue weighted by molar-refractivity contribution is 5.98. The SMILES string of the molecule is NC(C(=O)N1CCN(C(=O)c2ccc3[nH]ncc3c2)CC1)c1ccc(-c2ccccc2)cc1.O=C(O)C(F)(F)F. The second kappa shape index (κ2) is 12.0. The maximum atomic E-state index is 13.0. The summed E-state index contributed by atoms with van der Waals surface area (Å²) in [5.74, 6) is -2.91. The number of amides is 2. The van der Waals surface area contributed by atoms with Gasteiger partial charge in [-0.15, -0.1) is 0 Å². The number of piperazine rings is 1. The molecule has 5 rings (SSSR count). The molecule has 0 radical (unpaired) electrons. The van der Waals surface area contributed by atoms with Gasteiger partial charge in [-0.25, -0.2) is 4.79 Å². The largest absolute Gasteiger partial charge is 0.490 e. The molecule has 9 nitrogen and oxygen atoms in total. The van der Waals surface area contributed by atoms with E-state index in [2.05, 4.69) is 10.2 Å². The third kappa shape index (κ3) is 6.64. The molecule has 40 heavy (non-hydrogen) atoms. The zero-order valence-electron chi connectivity index (χ0n) is 21.1. The Morgan fingerprint density at radius 3 is 2.05 bits per heavy atom. The molecule has 208 valence electrons. The number of carboxylic acid groups (broad SMARTS) is 1. The Kier molecular flexibility index (Phi) is 8.49. The highest BCUT2D eigenvalue weighted by Crippen LogP contribution is 2.23. The van der Waals surface area contributed by atoms with Crippen LogP contribution in [0.15, 0.2) is 79.0 Å². The topological polar surface area (TPSA) is 133 Å². The summed E-state index contributed by atoms with van der Waals surface area (Å²) in [6.45, 7) is 1.89.